The van der Waals surface area contributed by atoms with Crippen LogP contribution in [0.2, 0.25) is 0 Å². The van der Waals surface area contributed by atoms with Crippen LogP contribution in [0, 0.1) is 5.92 Å². The molecule has 1 fully saturated rings. The third-order valence-corrected chi connectivity index (χ3v) is 4.30. The molecule has 3 nitrogen and oxygen atoms in total. The molecule has 1 aliphatic rings. The lowest BCUT2D eigenvalue weighted by molar-refractivity contribution is 0.0674. The fourth-order valence-electron chi connectivity index (χ4n) is 3.00. The summed E-state index contributed by atoms with van der Waals surface area (Å²) in [5.74, 6) is 0.762. The summed E-state index contributed by atoms with van der Waals surface area (Å²) in [5, 5.41) is 3.22. The molecule has 1 unspecified atom stereocenters. The number of carbonyl (C=O) groups is 1. The maximum absolute atomic E-state index is 12.6. The van der Waals surface area contributed by atoms with Gasteiger partial charge in [-0.25, -0.2) is 0 Å². The predicted molar refractivity (Wildman–Crippen MR) is 87.7 cm³/mol. The van der Waals surface area contributed by atoms with Gasteiger partial charge in [0, 0.05) is 18.7 Å². The average molecular weight is 288 g/mol. The van der Waals surface area contributed by atoms with Gasteiger partial charge < -0.3 is 10.2 Å². The molecule has 0 saturated carbocycles. The Balaban J connectivity index is 2.05. The maximum Gasteiger partial charge on any atom is 0.253 e. The van der Waals surface area contributed by atoms with Crippen molar-refractivity contribution in [2.75, 3.05) is 26.7 Å². The van der Waals surface area contributed by atoms with Crippen molar-refractivity contribution in [1.82, 2.24) is 10.2 Å². The minimum atomic E-state index is 0.130. The first-order chi connectivity index (χ1) is 9.91. The van der Waals surface area contributed by atoms with Crippen LogP contribution in [0.25, 0.3) is 0 Å². The maximum atomic E-state index is 12.6. The standard InChI is InChI=1S/C18H28N2O/c1-18(2,3)16-9-7-15(8-10-16)17(21)20-11-5-6-14(13-20)12-19-4/h7-10,14,19H,5-6,11-13H2,1-4H3. The monoisotopic (exact) mass is 288 g/mol. The molecule has 116 valence electrons. The van der Waals surface area contributed by atoms with E-state index in [-0.39, 0.29) is 11.3 Å². The van der Waals surface area contributed by atoms with Crippen LogP contribution < -0.4 is 5.32 Å². The summed E-state index contributed by atoms with van der Waals surface area (Å²) >= 11 is 0. The number of benzene rings is 1. The van der Waals surface area contributed by atoms with Crippen LogP contribution in [-0.4, -0.2) is 37.5 Å². The number of amides is 1. The highest BCUT2D eigenvalue weighted by atomic mass is 16.2. The summed E-state index contributed by atoms with van der Waals surface area (Å²) in [5.41, 5.74) is 2.21. The summed E-state index contributed by atoms with van der Waals surface area (Å²) in [6.07, 6.45) is 2.33. The largest absolute Gasteiger partial charge is 0.338 e. The number of nitrogens with one attached hydrogen (secondary N) is 1. The minimum Gasteiger partial charge on any atom is -0.338 e. The van der Waals surface area contributed by atoms with Crippen LogP contribution in [0.15, 0.2) is 24.3 Å². The Labute approximate surface area is 128 Å². The molecule has 0 bridgehead atoms. The van der Waals surface area contributed by atoms with Crippen LogP contribution in [0.3, 0.4) is 0 Å². The van der Waals surface area contributed by atoms with E-state index in [1.54, 1.807) is 0 Å². The Morgan fingerprint density at radius 3 is 2.52 bits per heavy atom. The van der Waals surface area contributed by atoms with Gasteiger partial charge in [0.1, 0.15) is 0 Å². The molecule has 1 heterocycles. The number of nitrogens with zero attached hydrogens (tertiary/aromatic N) is 1. The average Bonchev–Trinajstić information content (AvgIpc) is 2.46. The second-order valence-electron chi connectivity index (χ2n) is 7.14. The van der Waals surface area contributed by atoms with Crippen LogP contribution in [0.1, 0.15) is 49.5 Å². The lowest BCUT2D eigenvalue weighted by Crippen LogP contribution is -2.42. The zero-order valence-electron chi connectivity index (χ0n) is 13.8. The second-order valence-corrected chi connectivity index (χ2v) is 7.14. The highest BCUT2D eigenvalue weighted by Gasteiger charge is 2.24. The first kappa shape index (κ1) is 16.0. The zero-order valence-corrected chi connectivity index (χ0v) is 13.8. The lowest BCUT2D eigenvalue weighted by Gasteiger charge is -2.33. The number of hydrogen-bond donors (Lipinski definition) is 1. The van der Waals surface area contributed by atoms with Gasteiger partial charge >= 0.3 is 0 Å². The highest BCUT2D eigenvalue weighted by Crippen LogP contribution is 2.23. The first-order valence-corrected chi connectivity index (χ1v) is 7.96. The molecule has 21 heavy (non-hydrogen) atoms. The van der Waals surface area contributed by atoms with Crippen molar-refractivity contribution in [2.45, 2.75) is 39.0 Å². The number of piperidine rings is 1. The molecule has 1 amide bonds. The van der Waals surface area contributed by atoms with E-state index in [0.717, 1.165) is 31.6 Å². The van der Waals surface area contributed by atoms with Crippen molar-refractivity contribution in [3.05, 3.63) is 35.4 Å². The van der Waals surface area contributed by atoms with Crippen LogP contribution >= 0.6 is 0 Å². The first-order valence-electron chi connectivity index (χ1n) is 7.96. The van der Waals surface area contributed by atoms with Crippen LogP contribution in [0.4, 0.5) is 0 Å². The molecule has 1 aromatic rings. The van der Waals surface area contributed by atoms with E-state index in [0.29, 0.717) is 5.92 Å². The summed E-state index contributed by atoms with van der Waals surface area (Å²) in [4.78, 5) is 14.6. The Morgan fingerprint density at radius 1 is 1.29 bits per heavy atom. The van der Waals surface area contributed by atoms with Gasteiger partial charge in [-0.1, -0.05) is 32.9 Å². The van der Waals surface area contributed by atoms with Gasteiger partial charge in [0.2, 0.25) is 0 Å². The SMILES string of the molecule is CNCC1CCCN(C(=O)c2ccc(C(C)(C)C)cc2)C1. The van der Waals surface area contributed by atoms with Gasteiger partial charge in [0.25, 0.3) is 5.91 Å². The molecule has 0 spiro atoms. The smallest absolute Gasteiger partial charge is 0.253 e. The van der Waals surface area contributed by atoms with E-state index in [9.17, 15) is 4.79 Å². The van der Waals surface area contributed by atoms with E-state index in [1.165, 1.54) is 12.0 Å². The molecule has 1 N–H and O–H groups in total. The highest BCUT2D eigenvalue weighted by molar-refractivity contribution is 5.94. The molecule has 0 radical (unpaired) electrons. The normalized spacial score (nSPS) is 19.6. The van der Waals surface area contributed by atoms with Crippen molar-refractivity contribution >= 4 is 5.91 Å². The van der Waals surface area contributed by atoms with E-state index in [1.807, 2.05) is 24.1 Å². The molecule has 1 atom stereocenters. The second kappa shape index (κ2) is 6.61. The van der Waals surface area contributed by atoms with Crippen molar-refractivity contribution < 1.29 is 4.79 Å². The zero-order chi connectivity index (χ0) is 15.5. The molecular weight excluding hydrogens is 260 g/mol. The predicted octanol–water partition coefficient (Wildman–Crippen LogP) is 3.06. The van der Waals surface area contributed by atoms with Crippen LogP contribution in [0.5, 0.6) is 0 Å². The number of rotatable bonds is 3. The number of likely N-dealkylation sites (tertiary alicyclic amines) is 1. The van der Waals surface area contributed by atoms with Crippen molar-refractivity contribution in [2.24, 2.45) is 5.92 Å². The summed E-state index contributed by atoms with van der Waals surface area (Å²) in [7, 11) is 1.98. The fraction of sp³-hybridized carbons (Fsp3) is 0.611. The van der Waals surface area contributed by atoms with Gasteiger partial charge in [-0.15, -0.1) is 0 Å². The Morgan fingerprint density at radius 2 is 1.95 bits per heavy atom. The Hall–Kier alpha value is -1.35. The van der Waals surface area contributed by atoms with Gasteiger partial charge in [-0.05, 0) is 55.5 Å². The van der Waals surface area contributed by atoms with Gasteiger partial charge in [0.05, 0.1) is 0 Å². The van der Waals surface area contributed by atoms with Gasteiger partial charge in [-0.2, -0.15) is 0 Å². The topological polar surface area (TPSA) is 32.3 Å². The van der Waals surface area contributed by atoms with Gasteiger partial charge in [0.15, 0.2) is 0 Å². The molecule has 1 aromatic carbocycles. The van der Waals surface area contributed by atoms with E-state index < -0.39 is 0 Å². The lowest BCUT2D eigenvalue weighted by atomic mass is 9.86. The van der Waals surface area contributed by atoms with Crippen LogP contribution in [-0.2, 0) is 5.41 Å². The van der Waals surface area contributed by atoms with E-state index in [2.05, 4.69) is 38.2 Å². The van der Waals surface area contributed by atoms with Crippen molar-refractivity contribution in [3.63, 3.8) is 0 Å². The third-order valence-electron chi connectivity index (χ3n) is 4.30. The number of hydrogen-bond acceptors (Lipinski definition) is 2. The number of carbonyl (C=O) groups excluding carboxylic acids is 1. The summed E-state index contributed by atoms with van der Waals surface area (Å²) in [6.45, 7) is 9.33. The van der Waals surface area contributed by atoms with Crippen molar-refractivity contribution in [3.8, 4) is 0 Å². The Kier molecular flexibility index (Phi) is 5.04. The Bertz CT molecular complexity index is 471. The van der Waals surface area contributed by atoms with E-state index in [4.69, 9.17) is 0 Å². The molecule has 0 aromatic heterocycles. The van der Waals surface area contributed by atoms with Gasteiger partial charge in [-0.3, -0.25) is 4.79 Å². The van der Waals surface area contributed by atoms with E-state index >= 15 is 0 Å². The molecular formula is C18H28N2O. The molecule has 1 aliphatic heterocycles. The molecule has 1 saturated heterocycles. The molecule has 3 heteroatoms. The summed E-state index contributed by atoms with van der Waals surface area (Å²) in [6, 6.07) is 8.12. The molecule has 0 aliphatic carbocycles. The van der Waals surface area contributed by atoms with Crippen molar-refractivity contribution in [1.29, 1.82) is 0 Å². The molecule has 2 rings (SSSR count). The minimum absolute atomic E-state index is 0.130. The summed E-state index contributed by atoms with van der Waals surface area (Å²) < 4.78 is 0. The fourth-order valence-corrected chi connectivity index (χ4v) is 3.00. The quantitative estimate of drug-likeness (QED) is 0.927. The third kappa shape index (κ3) is 4.07.